The highest BCUT2D eigenvalue weighted by molar-refractivity contribution is 7.99. The van der Waals surface area contributed by atoms with E-state index in [-0.39, 0.29) is 11.7 Å². The summed E-state index contributed by atoms with van der Waals surface area (Å²) >= 11 is 8.67. The highest BCUT2D eigenvalue weighted by Crippen LogP contribution is 2.28. The highest BCUT2D eigenvalue weighted by atomic mass is 35.5. The molecule has 0 unspecified atom stereocenters. The number of fused-ring (bicyclic) bond motifs is 3. The molecule has 10 heteroatoms. The average molecular weight is 557 g/mol. The summed E-state index contributed by atoms with van der Waals surface area (Å²) in [6.45, 7) is 0.663. The molecule has 0 saturated carbocycles. The van der Waals surface area contributed by atoms with Crippen LogP contribution in [0.2, 0.25) is 5.02 Å². The zero-order chi connectivity index (χ0) is 25.9. The number of anilines is 1. The van der Waals surface area contributed by atoms with Crippen LogP contribution in [0.25, 0.3) is 22.1 Å². The SMILES string of the molecule is O=C(CSc1nnc2c3ccccc3n(Cc3ccccc3)c2n1)Nc1ncc(Cc2ccc(Cl)cc2)s1. The van der Waals surface area contributed by atoms with E-state index in [1.807, 2.05) is 60.7 Å². The van der Waals surface area contributed by atoms with Crippen LogP contribution in [-0.2, 0) is 17.8 Å². The number of benzene rings is 3. The summed E-state index contributed by atoms with van der Waals surface area (Å²) in [7, 11) is 0. The van der Waals surface area contributed by atoms with E-state index in [0.717, 1.165) is 38.9 Å². The molecule has 1 amide bonds. The van der Waals surface area contributed by atoms with Crippen molar-refractivity contribution in [3.8, 4) is 0 Å². The van der Waals surface area contributed by atoms with Gasteiger partial charge >= 0.3 is 0 Å². The normalized spacial score (nSPS) is 11.3. The zero-order valence-corrected chi connectivity index (χ0v) is 22.4. The molecule has 0 aliphatic rings. The van der Waals surface area contributed by atoms with Crippen LogP contribution >= 0.6 is 34.7 Å². The summed E-state index contributed by atoms with van der Waals surface area (Å²) in [4.78, 5) is 22.8. The lowest BCUT2D eigenvalue weighted by Crippen LogP contribution is -2.14. The van der Waals surface area contributed by atoms with E-state index in [4.69, 9.17) is 16.6 Å². The van der Waals surface area contributed by atoms with Gasteiger partial charge in [0.25, 0.3) is 0 Å². The van der Waals surface area contributed by atoms with E-state index in [0.29, 0.717) is 21.9 Å². The van der Waals surface area contributed by atoms with Crippen LogP contribution in [0.15, 0.2) is 90.2 Å². The van der Waals surface area contributed by atoms with Crippen LogP contribution in [0.1, 0.15) is 16.0 Å². The molecule has 38 heavy (non-hydrogen) atoms. The van der Waals surface area contributed by atoms with E-state index in [2.05, 4.69) is 43.3 Å². The topological polar surface area (TPSA) is 85.6 Å². The Bertz CT molecular complexity index is 1730. The van der Waals surface area contributed by atoms with Crippen LogP contribution in [0.4, 0.5) is 5.13 Å². The molecule has 0 saturated heterocycles. The Kier molecular flexibility index (Phi) is 7.04. The fourth-order valence-corrected chi connectivity index (χ4v) is 5.78. The summed E-state index contributed by atoms with van der Waals surface area (Å²) in [5.74, 6) is -0.0195. The lowest BCUT2D eigenvalue weighted by atomic mass is 10.1. The van der Waals surface area contributed by atoms with Gasteiger partial charge in [-0.05, 0) is 29.3 Å². The maximum Gasteiger partial charge on any atom is 0.236 e. The van der Waals surface area contributed by atoms with Gasteiger partial charge < -0.3 is 9.88 Å². The summed E-state index contributed by atoms with van der Waals surface area (Å²) in [6.07, 6.45) is 2.52. The number of halogens is 1. The molecule has 0 radical (unpaired) electrons. The van der Waals surface area contributed by atoms with Gasteiger partial charge in [0.1, 0.15) is 5.52 Å². The molecule has 6 aromatic rings. The first-order valence-electron chi connectivity index (χ1n) is 11.9. The Balaban J connectivity index is 1.15. The maximum absolute atomic E-state index is 12.6. The van der Waals surface area contributed by atoms with Gasteiger partial charge in [-0.3, -0.25) is 4.79 Å². The predicted molar refractivity (Wildman–Crippen MR) is 154 cm³/mol. The van der Waals surface area contributed by atoms with Crippen molar-refractivity contribution in [3.05, 3.63) is 106 Å². The first-order valence-corrected chi connectivity index (χ1v) is 14.1. The van der Waals surface area contributed by atoms with Crippen molar-refractivity contribution in [2.24, 2.45) is 0 Å². The molecule has 0 atom stereocenters. The Morgan fingerprint density at radius 1 is 0.947 bits per heavy atom. The highest BCUT2D eigenvalue weighted by Gasteiger charge is 2.16. The minimum Gasteiger partial charge on any atom is -0.319 e. The third kappa shape index (κ3) is 5.40. The summed E-state index contributed by atoms with van der Waals surface area (Å²) in [5.41, 5.74) is 4.85. The molecular formula is C28H21ClN6OS2. The Hall–Kier alpha value is -3.79. The summed E-state index contributed by atoms with van der Waals surface area (Å²) < 4.78 is 2.15. The Morgan fingerprint density at radius 2 is 1.74 bits per heavy atom. The van der Waals surface area contributed by atoms with Crippen molar-refractivity contribution in [3.63, 3.8) is 0 Å². The second-order valence-corrected chi connectivity index (χ2v) is 11.1. The van der Waals surface area contributed by atoms with Crippen molar-refractivity contribution in [2.75, 3.05) is 11.1 Å². The average Bonchev–Trinajstić information content (AvgIpc) is 3.51. The van der Waals surface area contributed by atoms with Crippen molar-refractivity contribution in [2.45, 2.75) is 18.1 Å². The molecule has 3 aromatic carbocycles. The van der Waals surface area contributed by atoms with E-state index in [1.54, 1.807) is 6.20 Å². The van der Waals surface area contributed by atoms with Crippen LogP contribution in [0.5, 0.6) is 0 Å². The fourth-order valence-electron chi connectivity index (χ4n) is 4.21. The van der Waals surface area contributed by atoms with E-state index in [9.17, 15) is 4.79 Å². The molecule has 1 N–H and O–H groups in total. The molecule has 0 fully saturated rings. The second kappa shape index (κ2) is 10.9. The quantitative estimate of drug-likeness (QED) is 0.217. The summed E-state index contributed by atoms with van der Waals surface area (Å²) in [6, 6.07) is 26.1. The zero-order valence-electron chi connectivity index (χ0n) is 20.0. The number of thiazole rings is 1. The Labute approximate surface area is 231 Å². The fraction of sp³-hybridized carbons (Fsp3) is 0.107. The largest absolute Gasteiger partial charge is 0.319 e. The maximum atomic E-state index is 12.6. The first kappa shape index (κ1) is 24.5. The van der Waals surface area contributed by atoms with Crippen molar-refractivity contribution in [1.82, 2.24) is 24.7 Å². The van der Waals surface area contributed by atoms with E-state index >= 15 is 0 Å². The number of hydrogen-bond acceptors (Lipinski definition) is 7. The standard InChI is InChI=1S/C28H21ClN6OS2/c29-20-12-10-18(11-13-20)14-21-15-30-27(38-21)31-24(36)17-37-28-32-26-25(33-34-28)22-8-4-5-9-23(22)35(26)16-19-6-2-1-3-7-19/h1-13,15H,14,16-17H2,(H,30,31,36). The number of carbonyl (C=O) groups excluding carboxylic acids is 1. The van der Waals surface area contributed by atoms with Crippen molar-refractivity contribution < 1.29 is 4.79 Å². The van der Waals surface area contributed by atoms with Gasteiger partial charge in [-0.2, -0.15) is 0 Å². The van der Waals surface area contributed by atoms with Crippen LogP contribution in [0, 0.1) is 0 Å². The van der Waals surface area contributed by atoms with E-state index < -0.39 is 0 Å². The molecule has 0 aliphatic carbocycles. The number of rotatable bonds is 8. The second-order valence-electron chi connectivity index (χ2n) is 8.63. The molecule has 188 valence electrons. The first-order chi connectivity index (χ1) is 18.6. The van der Waals surface area contributed by atoms with E-state index in [1.165, 1.54) is 28.7 Å². The summed E-state index contributed by atoms with van der Waals surface area (Å²) in [5, 5.41) is 14.4. The molecule has 0 bridgehead atoms. The molecule has 6 rings (SSSR count). The number of nitrogens with zero attached hydrogens (tertiary/aromatic N) is 5. The minimum absolute atomic E-state index is 0.151. The monoisotopic (exact) mass is 556 g/mol. The predicted octanol–water partition coefficient (Wildman–Crippen LogP) is 6.46. The van der Waals surface area contributed by atoms with Crippen LogP contribution < -0.4 is 5.32 Å². The van der Waals surface area contributed by atoms with Gasteiger partial charge in [0.2, 0.25) is 11.1 Å². The van der Waals surface area contributed by atoms with Gasteiger partial charge in [-0.25, -0.2) is 9.97 Å². The third-order valence-corrected chi connectivity index (χ3v) is 7.96. The van der Waals surface area contributed by atoms with Gasteiger partial charge in [-0.1, -0.05) is 84.0 Å². The number of amides is 1. The van der Waals surface area contributed by atoms with Gasteiger partial charge in [0, 0.05) is 34.4 Å². The molecular weight excluding hydrogens is 536 g/mol. The van der Waals surface area contributed by atoms with Crippen LogP contribution in [-0.4, -0.2) is 36.4 Å². The lowest BCUT2D eigenvalue weighted by Gasteiger charge is -2.07. The molecule has 3 aromatic heterocycles. The number of thioether (sulfide) groups is 1. The minimum atomic E-state index is -0.170. The van der Waals surface area contributed by atoms with Crippen molar-refractivity contribution in [1.29, 1.82) is 0 Å². The lowest BCUT2D eigenvalue weighted by molar-refractivity contribution is -0.113. The van der Waals surface area contributed by atoms with Gasteiger partial charge in [0.05, 0.1) is 11.3 Å². The molecule has 0 aliphatic heterocycles. The van der Waals surface area contributed by atoms with Crippen molar-refractivity contribution >= 4 is 67.8 Å². The Morgan fingerprint density at radius 3 is 2.58 bits per heavy atom. The number of nitrogens with one attached hydrogen (secondary N) is 1. The number of carbonyl (C=O) groups is 1. The molecule has 0 spiro atoms. The molecule has 3 heterocycles. The number of hydrogen-bond donors (Lipinski definition) is 1. The number of aromatic nitrogens is 5. The smallest absolute Gasteiger partial charge is 0.236 e. The number of para-hydroxylation sites is 1. The van der Waals surface area contributed by atoms with Gasteiger partial charge in [-0.15, -0.1) is 21.5 Å². The third-order valence-electron chi connectivity index (χ3n) is 5.96. The van der Waals surface area contributed by atoms with Crippen LogP contribution in [0.3, 0.4) is 0 Å². The molecule has 7 nitrogen and oxygen atoms in total. The van der Waals surface area contributed by atoms with Gasteiger partial charge in [0.15, 0.2) is 10.8 Å².